The lowest BCUT2D eigenvalue weighted by Crippen LogP contribution is -2.38. The molecule has 17 heavy (non-hydrogen) atoms. The van der Waals surface area contributed by atoms with Crippen molar-refractivity contribution in [1.82, 2.24) is 5.32 Å². The van der Waals surface area contributed by atoms with Crippen LogP contribution in [0.3, 0.4) is 0 Å². The fraction of sp³-hybridized carbons (Fsp3) is 0.417. The SMILES string of the molecule is CN(C)c1ccc(C2NC(C(N)=O)CS2)cc1. The first-order valence-electron chi connectivity index (χ1n) is 5.52. The number of nitrogens with two attached hydrogens (primary N) is 1. The number of hydrogen-bond donors (Lipinski definition) is 2. The zero-order valence-electron chi connectivity index (χ0n) is 10.0. The van der Waals surface area contributed by atoms with Crippen molar-refractivity contribution >= 4 is 23.4 Å². The number of anilines is 1. The molecule has 2 rings (SSSR count). The lowest BCUT2D eigenvalue weighted by molar-refractivity contribution is -0.119. The molecule has 0 radical (unpaired) electrons. The monoisotopic (exact) mass is 251 g/mol. The number of nitrogens with one attached hydrogen (secondary N) is 1. The highest BCUT2D eigenvalue weighted by molar-refractivity contribution is 7.99. The van der Waals surface area contributed by atoms with E-state index in [-0.39, 0.29) is 17.3 Å². The van der Waals surface area contributed by atoms with E-state index in [4.69, 9.17) is 5.73 Å². The van der Waals surface area contributed by atoms with Crippen molar-refractivity contribution < 1.29 is 4.79 Å². The van der Waals surface area contributed by atoms with Crippen molar-refractivity contribution in [3.05, 3.63) is 29.8 Å². The van der Waals surface area contributed by atoms with E-state index in [0.717, 1.165) is 5.75 Å². The first-order chi connectivity index (χ1) is 8.08. The van der Waals surface area contributed by atoms with Crippen LogP contribution in [0.25, 0.3) is 0 Å². The lowest BCUT2D eigenvalue weighted by atomic mass is 10.2. The molecule has 0 spiro atoms. The van der Waals surface area contributed by atoms with Gasteiger partial charge in [-0.25, -0.2) is 0 Å². The molecular formula is C12H17N3OS. The van der Waals surface area contributed by atoms with E-state index in [9.17, 15) is 4.79 Å². The van der Waals surface area contributed by atoms with Crippen LogP contribution < -0.4 is 16.0 Å². The van der Waals surface area contributed by atoms with Gasteiger partial charge in [-0.15, -0.1) is 11.8 Å². The molecule has 1 amide bonds. The molecule has 1 aromatic rings. The fourth-order valence-corrected chi connectivity index (χ4v) is 3.03. The average molecular weight is 251 g/mol. The highest BCUT2D eigenvalue weighted by Gasteiger charge is 2.28. The van der Waals surface area contributed by atoms with Crippen LogP contribution in [0.4, 0.5) is 5.69 Å². The second-order valence-corrected chi connectivity index (χ2v) is 5.46. The van der Waals surface area contributed by atoms with Gasteiger partial charge in [0.1, 0.15) is 0 Å². The third-order valence-corrected chi connectivity index (χ3v) is 4.11. The maximum absolute atomic E-state index is 11.1. The summed E-state index contributed by atoms with van der Waals surface area (Å²) in [6, 6.07) is 8.12. The topological polar surface area (TPSA) is 58.4 Å². The summed E-state index contributed by atoms with van der Waals surface area (Å²) in [4.78, 5) is 13.1. The van der Waals surface area contributed by atoms with E-state index in [2.05, 4.69) is 34.5 Å². The van der Waals surface area contributed by atoms with Crippen LogP contribution in [0.2, 0.25) is 0 Å². The van der Waals surface area contributed by atoms with Crippen LogP contribution in [0.15, 0.2) is 24.3 Å². The maximum Gasteiger partial charge on any atom is 0.235 e. The third-order valence-electron chi connectivity index (χ3n) is 2.84. The number of carbonyl (C=O) groups is 1. The van der Waals surface area contributed by atoms with Crippen molar-refractivity contribution in [1.29, 1.82) is 0 Å². The summed E-state index contributed by atoms with van der Waals surface area (Å²) in [6.07, 6.45) is 0. The molecule has 1 aromatic carbocycles. The Labute approximate surface area is 106 Å². The van der Waals surface area contributed by atoms with Crippen LogP contribution in [0.5, 0.6) is 0 Å². The number of primary amides is 1. The molecule has 1 aliphatic heterocycles. The van der Waals surface area contributed by atoms with E-state index >= 15 is 0 Å². The van der Waals surface area contributed by atoms with Gasteiger partial charge in [0.2, 0.25) is 5.91 Å². The van der Waals surface area contributed by atoms with Crippen LogP contribution in [0.1, 0.15) is 10.9 Å². The summed E-state index contributed by atoms with van der Waals surface area (Å²) in [5, 5.41) is 3.40. The standard InChI is InChI=1S/C12H17N3OS/c1-15(2)9-5-3-8(4-6-9)12-14-10(7-17-12)11(13)16/h3-6,10,12,14H,7H2,1-2H3,(H2,13,16). The summed E-state index contributed by atoms with van der Waals surface area (Å²) in [5.41, 5.74) is 7.63. The Bertz CT molecular complexity index is 405. The van der Waals surface area contributed by atoms with Gasteiger partial charge in [-0.05, 0) is 17.7 Å². The number of amides is 1. The van der Waals surface area contributed by atoms with Crippen molar-refractivity contribution in [2.45, 2.75) is 11.4 Å². The van der Waals surface area contributed by atoms with Crippen LogP contribution in [0, 0.1) is 0 Å². The smallest absolute Gasteiger partial charge is 0.235 e. The third kappa shape index (κ3) is 2.73. The van der Waals surface area contributed by atoms with Crippen molar-refractivity contribution in [2.24, 2.45) is 5.73 Å². The highest BCUT2D eigenvalue weighted by Crippen LogP contribution is 2.33. The molecule has 2 atom stereocenters. The van der Waals surface area contributed by atoms with E-state index < -0.39 is 0 Å². The first-order valence-corrected chi connectivity index (χ1v) is 6.57. The van der Waals surface area contributed by atoms with E-state index in [1.54, 1.807) is 11.8 Å². The Morgan fingerprint density at radius 1 is 1.41 bits per heavy atom. The maximum atomic E-state index is 11.1. The molecule has 1 saturated heterocycles. The van der Waals surface area contributed by atoms with Gasteiger partial charge in [-0.3, -0.25) is 10.1 Å². The second kappa shape index (κ2) is 4.98. The minimum Gasteiger partial charge on any atom is -0.378 e. The molecule has 3 N–H and O–H groups in total. The predicted octanol–water partition coefficient (Wildman–Crippen LogP) is 0.942. The second-order valence-electron chi connectivity index (χ2n) is 4.32. The predicted molar refractivity (Wildman–Crippen MR) is 72.1 cm³/mol. The van der Waals surface area contributed by atoms with Gasteiger partial charge in [-0.1, -0.05) is 12.1 Å². The average Bonchev–Trinajstić information content (AvgIpc) is 2.78. The van der Waals surface area contributed by atoms with Crippen LogP contribution in [-0.2, 0) is 4.79 Å². The Hall–Kier alpha value is -1.20. The minimum atomic E-state index is -0.273. The molecule has 1 fully saturated rings. The summed E-state index contributed by atoms with van der Waals surface area (Å²) < 4.78 is 0. The van der Waals surface area contributed by atoms with E-state index in [1.165, 1.54) is 11.3 Å². The van der Waals surface area contributed by atoms with Gasteiger partial charge >= 0.3 is 0 Å². The number of benzene rings is 1. The van der Waals surface area contributed by atoms with Crippen molar-refractivity contribution in [2.75, 3.05) is 24.7 Å². The van der Waals surface area contributed by atoms with E-state index in [0.29, 0.717) is 0 Å². The largest absolute Gasteiger partial charge is 0.378 e. The summed E-state index contributed by atoms with van der Waals surface area (Å²) >= 11 is 1.72. The number of thioether (sulfide) groups is 1. The lowest BCUT2D eigenvalue weighted by Gasteiger charge is -2.15. The highest BCUT2D eigenvalue weighted by atomic mass is 32.2. The Balaban J connectivity index is 2.06. The quantitative estimate of drug-likeness (QED) is 0.839. The van der Waals surface area contributed by atoms with Gasteiger partial charge < -0.3 is 10.6 Å². The molecule has 1 heterocycles. The molecule has 0 aromatic heterocycles. The van der Waals surface area contributed by atoms with Crippen molar-refractivity contribution in [3.63, 3.8) is 0 Å². The first kappa shape index (κ1) is 12.3. The number of carbonyl (C=O) groups excluding carboxylic acids is 1. The summed E-state index contributed by atoms with van der Waals surface area (Å²) in [6.45, 7) is 0. The van der Waals surface area contributed by atoms with Gasteiger partial charge in [0.25, 0.3) is 0 Å². The molecular weight excluding hydrogens is 234 g/mol. The fourth-order valence-electron chi connectivity index (χ4n) is 1.78. The Kier molecular flexibility index (Phi) is 3.59. The number of rotatable bonds is 3. The molecule has 0 aliphatic carbocycles. The number of nitrogens with zero attached hydrogens (tertiary/aromatic N) is 1. The van der Waals surface area contributed by atoms with Gasteiger partial charge in [0.15, 0.2) is 0 Å². The molecule has 0 bridgehead atoms. The molecule has 2 unspecified atom stereocenters. The van der Waals surface area contributed by atoms with Gasteiger partial charge in [0, 0.05) is 25.5 Å². The summed E-state index contributed by atoms with van der Waals surface area (Å²) in [7, 11) is 4.03. The molecule has 5 heteroatoms. The van der Waals surface area contributed by atoms with Crippen LogP contribution in [-0.4, -0.2) is 31.8 Å². The van der Waals surface area contributed by atoms with E-state index in [1.807, 2.05) is 14.1 Å². The zero-order chi connectivity index (χ0) is 12.4. The normalized spacial score (nSPS) is 23.6. The number of hydrogen-bond acceptors (Lipinski definition) is 4. The Morgan fingerprint density at radius 3 is 2.53 bits per heavy atom. The van der Waals surface area contributed by atoms with Crippen molar-refractivity contribution in [3.8, 4) is 0 Å². The van der Waals surface area contributed by atoms with Gasteiger partial charge in [-0.2, -0.15) is 0 Å². The molecule has 4 nitrogen and oxygen atoms in total. The summed E-state index contributed by atoms with van der Waals surface area (Å²) in [5.74, 6) is 0.472. The van der Waals surface area contributed by atoms with Gasteiger partial charge in [0.05, 0.1) is 11.4 Å². The minimum absolute atomic E-state index is 0.170. The zero-order valence-corrected chi connectivity index (χ0v) is 10.8. The Morgan fingerprint density at radius 2 is 2.06 bits per heavy atom. The molecule has 92 valence electrons. The molecule has 1 aliphatic rings. The van der Waals surface area contributed by atoms with Crippen LogP contribution >= 0.6 is 11.8 Å². The molecule has 0 saturated carbocycles.